The number of carboxylic acid groups (broad SMARTS) is 1. The van der Waals surface area contributed by atoms with Gasteiger partial charge in [-0.3, -0.25) is 4.90 Å². The molecule has 0 saturated carbocycles. The summed E-state index contributed by atoms with van der Waals surface area (Å²) < 4.78 is 0. The number of likely N-dealkylation sites (tertiary alicyclic amines) is 1. The van der Waals surface area contributed by atoms with E-state index in [1.54, 1.807) is 0 Å². The van der Waals surface area contributed by atoms with Crippen LogP contribution in [0.25, 0.3) is 0 Å². The molecule has 0 aromatic heterocycles. The van der Waals surface area contributed by atoms with Gasteiger partial charge in [0, 0.05) is 18.7 Å². The number of carboxylic acids is 1. The molecular weight excluding hydrogens is 216 g/mol. The van der Waals surface area contributed by atoms with Crippen LogP contribution in [0.15, 0.2) is 11.6 Å². The van der Waals surface area contributed by atoms with Gasteiger partial charge >= 0.3 is 5.97 Å². The second-order valence-corrected chi connectivity index (χ2v) is 4.91. The molecule has 1 aliphatic heterocycles. The fourth-order valence-corrected chi connectivity index (χ4v) is 2.46. The largest absolute Gasteiger partial charge is 0.478 e. The molecule has 0 amide bonds. The van der Waals surface area contributed by atoms with Crippen molar-refractivity contribution in [1.29, 1.82) is 0 Å². The molecule has 1 saturated heterocycles. The molecule has 0 aliphatic carbocycles. The molecule has 0 bridgehead atoms. The molecule has 0 radical (unpaired) electrons. The summed E-state index contributed by atoms with van der Waals surface area (Å²) in [5.41, 5.74) is 0.915. The minimum atomic E-state index is -0.850. The summed E-state index contributed by atoms with van der Waals surface area (Å²) in [6.45, 7) is 8.29. The molecule has 4 nitrogen and oxygen atoms in total. The lowest BCUT2D eigenvalue weighted by Gasteiger charge is -2.36. The van der Waals surface area contributed by atoms with Crippen LogP contribution in [0.3, 0.4) is 0 Å². The molecule has 0 spiro atoms. The van der Waals surface area contributed by atoms with Crippen LogP contribution in [0.2, 0.25) is 0 Å². The molecule has 0 aromatic rings. The first-order valence-corrected chi connectivity index (χ1v) is 6.35. The lowest BCUT2D eigenvalue weighted by Crippen LogP contribution is -2.43. The fraction of sp³-hybridized carbons (Fsp3) is 0.769. The van der Waals surface area contributed by atoms with Crippen molar-refractivity contribution < 1.29 is 9.90 Å². The first kappa shape index (κ1) is 14.2. The summed E-state index contributed by atoms with van der Waals surface area (Å²) in [6, 6.07) is 0.593. The van der Waals surface area contributed by atoms with E-state index in [9.17, 15) is 4.79 Å². The Balaban J connectivity index is 2.38. The Morgan fingerprint density at radius 2 is 2.06 bits per heavy atom. The zero-order chi connectivity index (χ0) is 12.8. The molecule has 0 atom stereocenters. The van der Waals surface area contributed by atoms with Gasteiger partial charge in [-0.15, -0.1) is 0 Å². The molecule has 4 heteroatoms. The van der Waals surface area contributed by atoms with E-state index in [1.807, 2.05) is 6.92 Å². The molecule has 0 unspecified atom stereocenters. The lowest BCUT2D eigenvalue weighted by molar-refractivity contribution is -0.131. The van der Waals surface area contributed by atoms with Crippen LogP contribution in [-0.4, -0.2) is 60.1 Å². The van der Waals surface area contributed by atoms with Crippen LogP contribution < -0.4 is 0 Å². The second-order valence-electron chi connectivity index (χ2n) is 4.91. The maximum Gasteiger partial charge on any atom is 0.328 e. The maximum atomic E-state index is 10.5. The van der Waals surface area contributed by atoms with Gasteiger partial charge in [-0.1, -0.05) is 12.5 Å². The van der Waals surface area contributed by atoms with E-state index in [0.29, 0.717) is 6.04 Å². The van der Waals surface area contributed by atoms with Gasteiger partial charge in [0.15, 0.2) is 0 Å². The SMILES string of the molecule is CCN1CCC(N(C)CC(C)=CC(=O)O)CC1. The highest BCUT2D eigenvalue weighted by Gasteiger charge is 2.21. The van der Waals surface area contributed by atoms with E-state index in [1.165, 1.54) is 18.9 Å². The third-order valence-electron chi connectivity index (χ3n) is 3.50. The number of hydrogen-bond acceptors (Lipinski definition) is 3. The van der Waals surface area contributed by atoms with Crippen molar-refractivity contribution in [2.45, 2.75) is 32.7 Å². The number of hydrogen-bond donors (Lipinski definition) is 1. The van der Waals surface area contributed by atoms with Crippen LogP contribution in [0.4, 0.5) is 0 Å². The molecule has 1 heterocycles. The van der Waals surface area contributed by atoms with Gasteiger partial charge in [0.25, 0.3) is 0 Å². The van der Waals surface area contributed by atoms with Gasteiger partial charge < -0.3 is 10.0 Å². The summed E-state index contributed by atoms with van der Waals surface area (Å²) in [6.07, 6.45) is 3.67. The van der Waals surface area contributed by atoms with Crippen molar-refractivity contribution in [3.8, 4) is 0 Å². The Hall–Kier alpha value is -0.870. The lowest BCUT2D eigenvalue weighted by atomic mass is 10.0. The Kier molecular flexibility index (Phi) is 5.65. The van der Waals surface area contributed by atoms with E-state index >= 15 is 0 Å². The average Bonchev–Trinajstić information content (AvgIpc) is 2.28. The number of aliphatic carboxylic acids is 1. The second kappa shape index (κ2) is 6.77. The molecule has 1 rings (SSSR count). The quantitative estimate of drug-likeness (QED) is 0.738. The van der Waals surface area contributed by atoms with Gasteiger partial charge in [-0.25, -0.2) is 4.79 Å². The first-order valence-electron chi connectivity index (χ1n) is 6.35. The van der Waals surface area contributed by atoms with E-state index in [0.717, 1.165) is 31.8 Å². The van der Waals surface area contributed by atoms with Crippen molar-refractivity contribution in [2.75, 3.05) is 33.2 Å². The minimum absolute atomic E-state index is 0.593. The number of carbonyl (C=O) groups is 1. The monoisotopic (exact) mass is 240 g/mol. The number of rotatable bonds is 5. The first-order chi connectivity index (χ1) is 8.02. The van der Waals surface area contributed by atoms with Crippen LogP contribution in [0, 0.1) is 0 Å². The Morgan fingerprint density at radius 1 is 1.47 bits per heavy atom. The molecule has 98 valence electrons. The van der Waals surface area contributed by atoms with Crippen molar-refractivity contribution in [3.63, 3.8) is 0 Å². The van der Waals surface area contributed by atoms with Gasteiger partial charge in [-0.05, 0) is 46.4 Å². The van der Waals surface area contributed by atoms with Gasteiger partial charge in [0.2, 0.25) is 0 Å². The summed E-state index contributed by atoms with van der Waals surface area (Å²) in [5.74, 6) is -0.850. The maximum absolute atomic E-state index is 10.5. The Labute approximate surface area is 104 Å². The van der Waals surface area contributed by atoms with Crippen molar-refractivity contribution in [3.05, 3.63) is 11.6 Å². The van der Waals surface area contributed by atoms with E-state index in [2.05, 4.69) is 23.8 Å². The third-order valence-corrected chi connectivity index (χ3v) is 3.50. The highest BCUT2D eigenvalue weighted by Crippen LogP contribution is 2.15. The topological polar surface area (TPSA) is 43.8 Å². The van der Waals surface area contributed by atoms with Crippen molar-refractivity contribution >= 4 is 5.97 Å². The van der Waals surface area contributed by atoms with Crippen molar-refractivity contribution in [1.82, 2.24) is 9.80 Å². The molecule has 1 fully saturated rings. The van der Waals surface area contributed by atoms with Crippen LogP contribution in [-0.2, 0) is 4.79 Å². The Morgan fingerprint density at radius 3 is 2.53 bits per heavy atom. The fourth-order valence-electron chi connectivity index (χ4n) is 2.46. The summed E-state index contributed by atoms with van der Waals surface area (Å²) in [5, 5.41) is 8.67. The standard InChI is InChI=1S/C13H24N2O2/c1-4-15-7-5-12(6-8-15)14(3)10-11(2)9-13(16)17/h9,12H,4-8,10H2,1-3H3,(H,16,17). The molecule has 1 N–H and O–H groups in total. The van der Waals surface area contributed by atoms with E-state index < -0.39 is 5.97 Å². The van der Waals surface area contributed by atoms with Crippen LogP contribution in [0.5, 0.6) is 0 Å². The number of likely N-dealkylation sites (N-methyl/N-ethyl adjacent to an activating group) is 1. The van der Waals surface area contributed by atoms with E-state index in [4.69, 9.17) is 5.11 Å². The van der Waals surface area contributed by atoms with Gasteiger partial charge in [0.1, 0.15) is 0 Å². The molecular formula is C13H24N2O2. The zero-order valence-corrected chi connectivity index (χ0v) is 11.1. The van der Waals surface area contributed by atoms with Gasteiger partial charge in [0.05, 0.1) is 0 Å². The Bertz CT molecular complexity index is 281. The molecule has 1 aliphatic rings. The van der Waals surface area contributed by atoms with Crippen LogP contribution >= 0.6 is 0 Å². The summed E-state index contributed by atoms with van der Waals surface area (Å²) in [7, 11) is 2.09. The molecule has 0 aromatic carbocycles. The third kappa shape index (κ3) is 4.88. The van der Waals surface area contributed by atoms with Crippen LogP contribution in [0.1, 0.15) is 26.7 Å². The van der Waals surface area contributed by atoms with E-state index in [-0.39, 0.29) is 0 Å². The predicted molar refractivity (Wildman–Crippen MR) is 69.2 cm³/mol. The van der Waals surface area contributed by atoms with Gasteiger partial charge in [-0.2, -0.15) is 0 Å². The minimum Gasteiger partial charge on any atom is -0.478 e. The number of piperidine rings is 1. The normalized spacial score (nSPS) is 19.9. The average molecular weight is 240 g/mol. The predicted octanol–water partition coefficient (Wildman–Crippen LogP) is 1.43. The highest BCUT2D eigenvalue weighted by molar-refractivity contribution is 5.80. The molecule has 17 heavy (non-hydrogen) atoms. The summed E-state index contributed by atoms with van der Waals surface area (Å²) in [4.78, 5) is 15.3. The smallest absolute Gasteiger partial charge is 0.328 e. The van der Waals surface area contributed by atoms with Crippen molar-refractivity contribution in [2.24, 2.45) is 0 Å². The highest BCUT2D eigenvalue weighted by atomic mass is 16.4. The summed E-state index contributed by atoms with van der Waals surface area (Å²) >= 11 is 0. The number of nitrogens with zero attached hydrogens (tertiary/aromatic N) is 2. The zero-order valence-electron chi connectivity index (χ0n) is 11.1.